The Morgan fingerprint density at radius 2 is 1.69 bits per heavy atom. The first-order valence-electron chi connectivity index (χ1n) is 10.8. The van der Waals surface area contributed by atoms with Gasteiger partial charge in [-0.1, -0.05) is 24.1 Å². The first-order valence-corrected chi connectivity index (χ1v) is 12.3. The van der Waals surface area contributed by atoms with E-state index in [4.69, 9.17) is 9.57 Å². The van der Waals surface area contributed by atoms with Gasteiger partial charge in [0, 0.05) is 30.9 Å². The topological polar surface area (TPSA) is 156 Å². The van der Waals surface area contributed by atoms with Crippen LogP contribution in [0.3, 0.4) is 0 Å². The van der Waals surface area contributed by atoms with Crippen LogP contribution in [0.5, 0.6) is 0 Å². The number of hydroxylamine groups is 2. The van der Waals surface area contributed by atoms with Gasteiger partial charge in [0.2, 0.25) is 5.91 Å². The van der Waals surface area contributed by atoms with Crippen molar-refractivity contribution in [1.82, 2.24) is 5.06 Å². The first kappa shape index (κ1) is 24.4. The Balaban J connectivity index is 1.62. The molecule has 184 valence electrons. The maximum Gasteiger partial charge on any atom is 0.533 e. The van der Waals surface area contributed by atoms with Crippen molar-refractivity contribution in [3.8, 4) is 11.1 Å². The number of carbonyl (C=O) groups excluding carboxylic acids is 4. The van der Waals surface area contributed by atoms with Crippen LogP contribution in [0.25, 0.3) is 11.1 Å². The van der Waals surface area contributed by atoms with Gasteiger partial charge in [0.1, 0.15) is 6.61 Å². The molecule has 4 rings (SSSR count). The Labute approximate surface area is 200 Å². The highest BCUT2D eigenvalue weighted by Gasteiger charge is 2.35. The fourth-order valence-corrected chi connectivity index (χ4v) is 4.63. The van der Waals surface area contributed by atoms with Crippen molar-refractivity contribution >= 4 is 39.7 Å². The number of nitrogens with zero attached hydrogens (tertiary/aromatic N) is 1. The fourth-order valence-electron chi connectivity index (χ4n) is 4.12. The van der Waals surface area contributed by atoms with E-state index in [0.29, 0.717) is 40.3 Å². The molecule has 1 fully saturated rings. The third-order valence-corrected chi connectivity index (χ3v) is 6.56. The average Bonchev–Trinajstić information content (AvgIpc) is 3.28. The number of rotatable bonds is 7. The van der Waals surface area contributed by atoms with Crippen LogP contribution in [0.2, 0.25) is 0 Å². The molecule has 1 saturated heterocycles. The molecule has 0 aromatic heterocycles. The van der Waals surface area contributed by atoms with E-state index in [1.54, 1.807) is 18.2 Å². The largest absolute Gasteiger partial charge is 0.533 e. The van der Waals surface area contributed by atoms with Gasteiger partial charge in [0.15, 0.2) is 0 Å². The van der Waals surface area contributed by atoms with Gasteiger partial charge >= 0.3 is 6.16 Å². The lowest BCUT2D eigenvalue weighted by Crippen LogP contribution is -2.32. The summed E-state index contributed by atoms with van der Waals surface area (Å²) in [7, 11) is -4.50. The number of nitrogens with one attached hydrogen (secondary N) is 1. The summed E-state index contributed by atoms with van der Waals surface area (Å²) in [5.74, 6) is -2.17. The first-order chi connectivity index (χ1) is 16.6. The number of hydrogen-bond donors (Lipinski definition) is 2. The summed E-state index contributed by atoms with van der Waals surface area (Å²) in [5, 5.41) is 3.15. The average molecular weight is 503 g/mol. The Kier molecular flexibility index (Phi) is 6.59. The normalized spacial score (nSPS) is 16.6. The second-order valence-corrected chi connectivity index (χ2v) is 9.53. The summed E-state index contributed by atoms with van der Waals surface area (Å²) in [6.07, 6.45) is -0.411. The lowest BCUT2D eigenvalue weighted by atomic mass is 9.97. The van der Waals surface area contributed by atoms with Gasteiger partial charge in [-0.3, -0.25) is 23.8 Å². The molecule has 2 aliphatic rings. The minimum atomic E-state index is -4.50. The minimum Gasteiger partial charge on any atom is -0.432 e. The van der Waals surface area contributed by atoms with E-state index in [0.717, 1.165) is 5.56 Å². The summed E-state index contributed by atoms with van der Waals surface area (Å²) in [6.45, 7) is 1.55. The predicted octanol–water partition coefficient (Wildman–Crippen LogP) is 3.00. The van der Waals surface area contributed by atoms with Crippen molar-refractivity contribution in [3.05, 3.63) is 47.5 Å². The van der Waals surface area contributed by atoms with E-state index < -0.39 is 34.0 Å². The zero-order chi connectivity index (χ0) is 25.3. The van der Waals surface area contributed by atoms with Gasteiger partial charge in [0.25, 0.3) is 21.9 Å². The van der Waals surface area contributed by atoms with E-state index in [1.807, 2.05) is 6.92 Å². The monoisotopic (exact) mass is 502 g/mol. The lowest BCUT2D eigenvalue weighted by molar-refractivity contribution is -0.177. The van der Waals surface area contributed by atoms with Crippen molar-refractivity contribution in [3.63, 3.8) is 0 Å². The molecule has 3 amide bonds. The Morgan fingerprint density at radius 3 is 2.31 bits per heavy atom. The van der Waals surface area contributed by atoms with Gasteiger partial charge in [-0.05, 0) is 52.9 Å². The van der Waals surface area contributed by atoms with Crippen LogP contribution in [0.4, 0.5) is 10.5 Å². The number of fused-ring (bicyclic) bond motifs is 3. The Bertz CT molecular complexity index is 1320. The zero-order valence-corrected chi connectivity index (χ0v) is 19.5. The number of benzene rings is 2. The van der Waals surface area contributed by atoms with E-state index in [2.05, 4.69) is 5.32 Å². The van der Waals surface area contributed by atoms with E-state index in [-0.39, 0.29) is 30.3 Å². The molecule has 2 N–H and O–H groups in total. The molecule has 0 saturated carbocycles. The van der Waals surface area contributed by atoms with Crippen LogP contribution in [0.1, 0.15) is 49.7 Å². The molecule has 1 heterocycles. The molecule has 0 bridgehead atoms. The molecule has 1 atom stereocenters. The maximum absolute atomic E-state index is 12.2. The van der Waals surface area contributed by atoms with Gasteiger partial charge in [-0.25, -0.2) is 4.79 Å². The van der Waals surface area contributed by atoms with Crippen molar-refractivity contribution in [2.75, 3.05) is 11.9 Å². The molecule has 0 radical (unpaired) electrons. The molecule has 1 aliphatic heterocycles. The number of anilines is 1. The van der Waals surface area contributed by atoms with Crippen molar-refractivity contribution in [2.45, 2.75) is 43.4 Å². The molecule has 2 aromatic rings. The quantitative estimate of drug-likeness (QED) is 0.330. The maximum atomic E-state index is 12.2. The Morgan fingerprint density at radius 1 is 1.06 bits per heavy atom. The molecule has 35 heavy (non-hydrogen) atoms. The van der Waals surface area contributed by atoms with Crippen LogP contribution in [-0.2, 0) is 34.1 Å². The van der Waals surface area contributed by atoms with Crippen LogP contribution >= 0.6 is 0 Å². The molecule has 0 spiro atoms. The molecule has 1 unspecified atom stereocenters. The number of amides is 3. The zero-order valence-electron chi connectivity index (χ0n) is 18.6. The number of carbonyl (C=O) groups is 4. The summed E-state index contributed by atoms with van der Waals surface area (Å²) in [4.78, 5) is 52.0. The van der Waals surface area contributed by atoms with Crippen LogP contribution in [0.15, 0.2) is 41.3 Å². The van der Waals surface area contributed by atoms with Crippen LogP contribution in [0, 0.1) is 0 Å². The van der Waals surface area contributed by atoms with E-state index >= 15 is 0 Å². The van der Waals surface area contributed by atoms with E-state index in [1.165, 1.54) is 18.2 Å². The molecular weight excluding hydrogens is 480 g/mol. The highest BCUT2D eigenvalue weighted by Crippen LogP contribution is 2.46. The summed E-state index contributed by atoms with van der Waals surface area (Å²) < 4.78 is 38.1. The van der Waals surface area contributed by atoms with E-state index in [9.17, 15) is 32.1 Å². The van der Waals surface area contributed by atoms with Gasteiger partial charge in [-0.2, -0.15) is 8.42 Å². The van der Waals surface area contributed by atoms with Crippen molar-refractivity contribution in [1.29, 1.82) is 0 Å². The third kappa shape index (κ3) is 5.03. The highest BCUT2D eigenvalue weighted by molar-refractivity contribution is 7.85. The van der Waals surface area contributed by atoms with Crippen LogP contribution in [-0.4, -0.2) is 48.5 Å². The number of ether oxygens (including phenoxy) is 1. The van der Waals surface area contributed by atoms with Gasteiger partial charge < -0.3 is 10.1 Å². The molecular formula is C23H22N2O9S. The minimum absolute atomic E-state index is 0.0690. The predicted molar refractivity (Wildman–Crippen MR) is 121 cm³/mol. The summed E-state index contributed by atoms with van der Waals surface area (Å²) in [6, 6.07) is 9.23. The second kappa shape index (κ2) is 9.47. The molecule has 11 nitrogen and oxygen atoms in total. The van der Waals surface area contributed by atoms with Crippen molar-refractivity contribution < 1.29 is 41.7 Å². The Hall–Kier alpha value is -3.77. The van der Waals surface area contributed by atoms with Gasteiger partial charge in [-0.15, -0.1) is 0 Å². The smallest absolute Gasteiger partial charge is 0.432 e. The fraction of sp³-hybridized carbons (Fsp3) is 0.304. The third-order valence-electron chi connectivity index (χ3n) is 5.71. The highest BCUT2D eigenvalue weighted by atomic mass is 32.2. The summed E-state index contributed by atoms with van der Waals surface area (Å²) in [5.41, 5.74) is 3.00. The molecule has 12 heteroatoms. The summed E-state index contributed by atoms with van der Waals surface area (Å²) >= 11 is 0. The SMILES string of the molecule is CCCC(=O)Nc1ccc2c(c1)C(COC(=O)ON1C(=O)CCC1=O)c1cc(S(=O)(=O)O)ccc1-2. The standard InChI is InChI=1S/C23H22N2O9S/c1-2-3-20(26)24-13-4-6-15-16-7-5-14(35(30,31)32)11-18(16)19(17(15)10-13)12-33-23(29)34-25-21(27)8-9-22(25)28/h4-7,10-11,19H,2-3,8-9,12H2,1H3,(H,24,26)(H,30,31,32). The van der Waals surface area contributed by atoms with Crippen molar-refractivity contribution in [2.24, 2.45) is 0 Å². The lowest BCUT2D eigenvalue weighted by Gasteiger charge is -2.17. The number of imide groups is 1. The van der Waals surface area contributed by atoms with Gasteiger partial charge in [0.05, 0.1) is 4.90 Å². The molecule has 2 aromatic carbocycles. The number of hydrogen-bond acceptors (Lipinski definition) is 8. The van der Waals surface area contributed by atoms with Crippen LogP contribution < -0.4 is 5.32 Å². The molecule has 1 aliphatic carbocycles. The second-order valence-electron chi connectivity index (χ2n) is 8.11.